The van der Waals surface area contributed by atoms with Crippen LogP contribution in [0.15, 0.2) is 34.0 Å². The fourth-order valence-electron chi connectivity index (χ4n) is 3.34. The smallest absolute Gasteiger partial charge is 0.363 e. The molecular weight excluding hydrogens is 380 g/mol. The van der Waals surface area contributed by atoms with Gasteiger partial charge < -0.3 is 9.47 Å². The number of aryl methyl sites for hydroxylation is 1. The summed E-state index contributed by atoms with van der Waals surface area (Å²) in [5.41, 5.74) is -1.41. The minimum Gasteiger partial charge on any atom is -0.363 e. The Hall–Kier alpha value is -2.62. The Kier molecular flexibility index (Phi) is 5.33. The molecule has 1 aromatic heterocycles. The third-order valence-corrected chi connectivity index (χ3v) is 4.91. The second-order valence-corrected chi connectivity index (χ2v) is 6.83. The van der Waals surface area contributed by atoms with Crippen LogP contribution in [-0.4, -0.2) is 40.2 Å². The van der Waals surface area contributed by atoms with E-state index in [4.69, 9.17) is 0 Å². The van der Waals surface area contributed by atoms with Crippen molar-refractivity contribution in [3.8, 4) is 0 Å². The summed E-state index contributed by atoms with van der Waals surface area (Å²) in [5.74, 6) is -0.925. The Labute approximate surface area is 158 Å². The van der Waals surface area contributed by atoms with Crippen molar-refractivity contribution in [1.29, 1.82) is 0 Å². The molecule has 10 heteroatoms. The average molecular weight is 400 g/mol. The van der Waals surface area contributed by atoms with Crippen molar-refractivity contribution in [2.45, 2.75) is 12.7 Å². The minimum absolute atomic E-state index is 0.0142. The van der Waals surface area contributed by atoms with Crippen LogP contribution in [-0.2, 0) is 26.8 Å². The molecule has 28 heavy (non-hydrogen) atoms. The van der Waals surface area contributed by atoms with Crippen LogP contribution in [0.2, 0.25) is 0 Å². The maximum absolute atomic E-state index is 13.3. The highest BCUT2D eigenvalue weighted by atomic mass is 19.4. The van der Waals surface area contributed by atoms with E-state index in [1.807, 2.05) is 9.80 Å². The molecule has 0 N–H and O–H groups in total. The molecule has 0 bridgehead atoms. The number of aromatic nitrogens is 2. The summed E-state index contributed by atoms with van der Waals surface area (Å²) in [6.45, 7) is 1.75. The third kappa shape index (κ3) is 3.96. The van der Waals surface area contributed by atoms with E-state index >= 15 is 0 Å². The van der Waals surface area contributed by atoms with Crippen molar-refractivity contribution in [3.05, 3.63) is 62.2 Å². The van der Waals surface area contributed by atoms with Crippen molar-refractivity contribution in [2.24, 2.45) is 14.1 Å². The molecule has 0 amide bonds. The van der Waals surface area contributed by atoms with Crippen molar-refractivity contribution >= 4 is 5.69 Å². The Morgan fingerprint density at radius 3 is 2.29 bits per heavy atom. The van der Waals surface area contributed by atoms with Gasteiger partial charge in [-0.2, -0.15) is 13.2 Å². The topological polar surface area (TPSA) is 50.5 Å². The molecule has 6 nitrogen and oxygen atoms in total. The van der Waals surface area contributed by atoms with Gasteiger partial charge in [0.05, 0.1) is 5.56 Å². The largest absolute Gasteiger partial charge is 0.416 e. The fraction of sp³-hybridized carbons (Fsp3) is 0.444. The second kappa shape index (κ2) is 7.42. The summed E-state index contributed by atoms with van der Waals surface area (Å²) in [7, 11) is 2.95. The number of hydrogen-bond donors (Lipinski definition) is 0. The van der Waals surface area contributed by atoms with E-state index in [9.17, 15) is 27.2 Å². The Morgan fingerprint density at radius 2 is 1.68 bits per heavy atom. The molecule has 0 radical (unpaired) electrons. The van der Waals surface area contributed by atoms with E-state index in [0.29, 0.717) is 37.9 Å². The maximum Gasteiger partial charge on any atom is 0.416 e. The molecule has 0 atom stereocenters. The molecule has 1 aliphatic rings. The molecular formula is C18H20F4N4O2. The van der Waals surface area contributed by atoms with Crippen molar-refractivity contribution in [3.63, 3.8) is 0 Å². The zero-order valence-corrected chi connectivity index (χ0v) is 15.5. The molecule has 1 aliphatic heterocycles. The molecule has 3 rings (SSSR count). The standard InChI is InChI=1S/C18H20F4N4O2/c1-23-11-15(16(27)24(2)17(23)28)26-7-5-25(6-8-26)10-12-3-4-13(19)9-14(12)18(20,21)22/h3-4,9,11H,5-8,10H2,1-2H3. The number of alkyl halides is 3. The van der Waals surface area contributed by atoms with Crippen LogP contribution in [0.3, 0.4) is 0 Å². The van der Waals surface area contributed by atoms with Gasteiger partial charge in [-0.25, -0.2) is 9.18 Å². The predicted octanol–water partition coefficient (Wildman–Crippen LogP) is 1.56. The normalized spacial score (nSPS) is 15.9. The first-order valence-electron chi connectivity index (χ1n) is 8.67. The zero-order valence-electron chi connectivity index (χ0n) is 15.5. The van der Waals surface area contributed by atoms with Crippen LogP contribution >= 0.6 is 0 Å². The molecule has 2 aromatic rings. The maximum atomic E-state index is 13.3. The number of benzene rings is 1. The average Bonchev–Trinajstić information content (AvgIpc) is 2.64. The molecule has 0 spiro atoms. The van der Waals surface area contributed by atoms with E-state index in [-0.39, 0.29) is 12.1 Å². The summed E-state index contributed by atoms with van der Waals surface area (Å²) in [6.07, 6.45) is -3.15. The van der Waals surface area contributed by atoms with E-state index in [0.717, 1.165) is 16.7 Å². The lowest BCUT2D eigenvalue weighted by molar-refractivity contribution is -0.138. The number of nitrogens with zero attached hydrogens (tertiary/aromatic N) is 4. The lowest BCUT2D eigenvalue weighted by atomic mass is 10.1. The van der Waals surface area contributed by atoms with Crippen molar-refractivity contribution in [1.82, 2.24) is 14.0 Å². The molecule has 1 aromatic carbocycles. The zero-order chi connectivity index (χ0) is 20.6. The molecule has 0 unspecified atom stereocenters. The quantitative estimate of drug-likeness (QED) is 0.734. The molecule has 0 aliphatic carbocycles. The third-order valence-electron chi connectivity index (χ3n) is 4.91. The predicted molar refractivity (Wildman–Crippen MR) is 95.8 cm³/mol. The first kappa shape index (κ1) is 20.1. The van der Waals surface area contributed by atoms with E-state index in [1.54, 1.807) is 7.05 Å². The second-order valence-electron chi connectivity index (χ2n) is 6.83. The van der Waals surface area contributed by atoms with Crippen LogP contribution in [0.25, 0.3) is 0 Å². The van der Waals surface area contributed by atoms with Gasteiger partial charge in [-0.05, 0) is 17.7 Å². The van der Waals surface area contributed by atoms with Crippen LogP contribution < -0.4 is 16.1 Å². The Balaban J connectivity index is 1.74. The highest BCUT2D eigenvalue weighted by Gasteiger charge is 2.34. The lowest BCUT2D eigenvalue weighted by Crippen LogP contribution is -2.49. The van der Waals surface area contributed by atoms with Crippen molar-refractivity contribution < 1.29 is 17.6 Å². The van der Waals surface area contributed by atoms with Crippen molar-refractivity contribution in [2.75, 3.05) is 31.1 Å². The number of hydrogen-bond acceptors (Lipinski definition) is 4. The van der Waals surface area contributed by atoms with Gasteiger partial charge in [0.2, 0.25) is 0 Å². The number of anilines is 1. The summed E-state index contributed by atoms with van der Waals surface area (Å²) >= 11 is 0. The van der Waals surface area contributed by atoms with Crippen LogP contribution in [0, 0.1) is 5.82 Å². The van der Waals surface area contributed by atoms with Gasteiger partial charge in [0, 0.05) is 53.0 Å². The highest BCUT2D eigenvalue weighted by Crippen LogP contribution is 2.33. The van der Waals surface area contributed by atoms with Crippen LogP contribution in [0.4, 0.5) is 23.2 Å². The Bertz CT molecular complexity index is 989. The van der Waals surface area contributed by atoms with Gasteiger partial charge in [-0.1, -0.05) is 6.07 Å². The summed E-state index contributed by atoms with van der Waals surface area (Å²) in [5, 5.41) is 0. The number of rotatable bonds is 3. The molecule has 0 saturated carbocycles. The highest BCUT2D eigenvalue weighted by molar-refractivity contribution is 5.43. The van der Waals surface area contributed by atoms with Gasteiger partial charge >= 0.3 is 11.9 Å². The van der Waals surface area contributed by atoms with Gasteiger partial charge in [-0.3, -0.25) is 14.3 Å². The van der Waals surface area contributed by atoms with Crippen LogP contribution in [0.5, 0.6) is 0 Å². The number of piperazine rings is 1. The summed E-state index contributed by atoms with van der Waals surface area (Å²) < 4.78 is 55.1. The first-order valence-corrected chi connectivity index (χ1v) is 8.67. The fourth-order valence-corrected chi connectivity index (χ4v) is 3.34. The van der Waals surface area contributed by atoms with Gasteiger partial charge in [0.25, 0.3) is 5.56 Å². The lowest BCUT2D eigenvalue weighted by Gasteiger charge is -2.36. The van der Waals surface area contributed by atoms with E-state index in [2.05, 4.69) is 0 Å². The van der Waals surface area contributed by atoms with E-state index in [1.165, 1.54) is 17.8 Å². The molecule has 2 heterocycles. The SMILES string of the molecule is Cn1cc(N2CCN(Cc3ccc(F)cc3C(F)(F)F)CC2)c(=O)n(C)c1=O. The van der Waals surface area contributed by atoms with Gasteiger partial charge in [0.1, 0.15) is 11.5 Å². The Morgan fingerprint density at radius 1 is 1.04 bits per heavy atom. The summed E-state index contributed by atoms with van der Waals surface area (Å²) in [6, 6.07) is 2.70. The summed E-state index contributed by atoms with van der Waals surface area (Å²) in [4.78, 5) is 27.8. The molecule has 152 valence electrons. The van der Waals surface area contributed by atoms with E-state index < -0.39 is 28.8 Å². The molecule has 1 saturated heterocycles. The first-order chi connectivity index (χ1) is 13.1. The monoisotopic (exact) mass is 400 g/mol. The minimum atomic E-state index is -4.62. The number of halogens is 4. The molecule has 1 fully saturated rings. The van der Waals surface area contributed by atoms with Gasteiger partial charge in [-0.15, -0.1) is 0 Å². The van der Waals surface area contributed by atoms with Crippen LogP contribution in [0.1, 0.15) is 11.1 Å². The van der Waals surface area contributed by atoms with Gasteiger partial charge in [0.15, 0.2) is 0 Å².